The van der Waals surface area contributed by atoms with E-state index in [4.69, 9.17) is 5.73 Å². The number of rotatable bonds is 2. The van der Waals surface area contributed by atoms with Gasteiger partial charge in [0.2, 0.25) is 5.91 Å². The lowest BCUT2D eigenvalue weighted by Gasteiger charge is -2.19. The molecule has 1 unspecified atom stereocenters. The van der Waals surface area contributed by atoms with Gasteiger partial charge in [0.05, 0.1) is 24.0 Å². The number of nitrogens with zero attached hydrogens (tertiary/aromatic N) is 1. The molecule has 0 saturated carbocycles. The third-order valence-electron chi connectivity index (χ3n) is 2.88. The van der Waals surface area contributed by atoms with Gasteiger partial charge in [-0.05, 0) is 12.1 Å². The van der Waals surface area contributed by atoms with Crippen LogP contribution in [0.25, 0.3) is 0 Å². The Morgan fingerprint density at radius 3 is 2.83 bits per heavy atom. The van der Waals surface area contributed by atoms with E-state index in [-0.39, 0.29) is 22.4 Å². The van der Waals surface area contributed by atoms with Gasteiger partial charge in [0.25, 0.3) is 0 Å². The van der Waals surface area contributed by atoms with E-state index in [0.29, 0.717) is 18.7 Å². The summed E-state index contributed by atoms with van der Waals surface area (Å²) in [7, 11) is 1.29. The first-order chi connectivity index (χ1) is 8.54. The number of amides is 1. The third-order valence-corrected chi connectivity index (χ3v) is 3.23. The molecule has 1 fully saturated rings. The second-order valence-corrected chi connectivity index (χ2v) is 4.82. The maximum atomic E-state index is 11.8. The molecule has 1 aliphatic rings. The van der Waals surface area contributed by atoms with E-state index in [1.54, 1.807) is 23.1 Å². The largest absolute Gasteiger partial charge is 0.465 e. The van der Waals surface area contributed by atoms with Crippen molar-refractivity contribution in [2.45, 2.75) is 11.7 Å². The predicted molar refractivity (Wildman–Crippen MR) is 71.9 cm³/mol. The summed E-state index contributed by atoms with van der Waals surface area (Å²) in [5.41, 5.74) is 7.00. The molecule has 1 aliphatic heterocycles. The minimum atomic E-state index is -0.511. The summed E-state index contributed by atoms with van der Waals surface area (Å²) < 4.78 is 4.65. The minimum Gasteiger partial charge on any atom is -0.465 e. The zero-order chi connectivity index (χ0) is 13.3. The predicted octanol–water partition coefficient (Wildman–Crippen LogP) is 1.09. The van der Waals surface area contributed by atoms with Crippen LogP contribution < -0.4 is 10.6 Å². The summed E-state index contributed by atoms with van der Waals surface area (Å²) in [6.07, 6.45) is 0.380. The van der Waals surface area contributed by atoms with Gasteiger partial charge in [0.1, 0.15) is 0 Å². The van der Waals surface area contributed by atoms with Crippen LogP contribution in [-0.2, 0) is 9.53 Å². The van der Waals surface area contributed by atoms with Gasteiger partial charge in [0.15, 0.2) is 0 Å². The smallest absolute Gasteiger partial charge is 0.340 e. The molecule has 0 spiro atoms. The van der Waals surface area contributed by atoms with Crippen LogP contribution in [0.2, 0.25) is 0 Å². The first kappa shape index (κ1) is 12.8. The molecule has 0 radical (unpaired) electrons. The molecular weight excluding hydrogens is 252 g/mol. The van der Waals surface area contributed by atoms with Crippen molar-refractivity contribution >= 4 is 35.9 Å². The van der Waals surface area contributed by atoms with Crippen molar-refractivity contribution in [2.75, 3.05) is 24.3 Å². The highest BCUT2D eigenvalue weighted by Gasteiger charge is 2.30. The summed E-state index contributed by atoms with van der Waals surface area (Å²) in [6.45, 7) is 0.497. The maximum absolute atomic E-state index is 11.8. The van der Waals surface area contributed by atoms with Gasteiger partial charge in [-0.3, -0.25) is 4.79 Å². The van der Waals surface area contributed by atoms with Gasteiger partial charge in [-0.15, -0.1) is 0 Å². The summed E-state index contributed by atoms with van der Waals surface area (Å²) >= 11 is 4.29. The zero-order valence-electron chi connectivity index (χ0n) is 9.92. The molecule has 0 bridgehead atoms. The topological polar surface area (TPSA) is 72.6 Å². The Bertz CT molecular complexity index is 504. The summed E-state index contributed by atoms with van der Waals surface area (Å²) in [5, 5.41) is -0.00122. The van der Waals surface area contributed by atoms with Crippen molar-refractivity contribution < 1.29 is 14.3 Å². The van der Waals surface area contributed by atoms with Crippen LogP contribution in [0.3, 0.4) is 0 Å². The first-order valence-corrected chi connectivity index (χ1v) is 6.01. The number of nitrogens with two attached hydrogens (primary N) is 1. The van der Waals surface area contributed by atoms with E-state index in [1.807, 2.05) is 0 Å². The summed E-state index contributed by atoms with van der Waals surface area (Å²) in [4.78, 5) is 24.9. The second kappa shape index (κ2) is 4.89. The molecule has 1 atom stereocenters. The molecule has 2 rings (SSSR count). The van der Waals surface area contributed by atoms with Crippen LogP contribution in [0.4, 0.5) is 11.4 Å². The average Bonchev–Trinajstić information content (AvgIpc) is 2.68. The van der Waals surface area contributed by atoms with Crippen LogP contribution in [0.15, 0.2) is 18.2 Å². The van der Waals surface area contributed by atoms with Crippen molar-refractivity contribution in [3.8, 4) is 0 Å². The zero-order valence-corrected chi connectivity index (χ0v) is 10.8. The number of nitrogen functional groups attached to an aromatic ring is 1. The number of para-hydroxylation sites is 1. The molecule has 1 saturated heterocycles. The summed E-state index contributed by atoms with van der Waals surface area (Å²) in [5.74, 6) is -0.549. The number of ether oxygens (including phenoxy) is 1. The third kappa shape index (κ3) is 2.15. The average molecular weight is 266 g/mol. The second-order valence-electron chi connectivity index (χ2n) is 4.09. The van der Waals surface area contributed by atoms with Crippen molar-refractivity contribution in [2.24, 2.45) is 0 Å². The van der Waals surface area contributed by atoms with Gasteiger partial charge >= 0.3 is 5.97 Å². The summed E-state index contributed by atoms with van der Waals surface area (Å²) in [6, 6.07) is 4.96. The van der Waals surface area contributed by atoms with Crippen LogP contribution in [0.5, 0.6) is 0 Å². The van der Waals surface area contributed by atoms with Crippen molar-refractivity contribution in [1.29, 1.82) is 0 Å². The molecule has 1 aromatic rings. The van der Waals surface area contributed by atoms with E-state index in [9.17, 15) is 9.59 Å². The number of carbonyl (C=O) groups excluding carboxylic acids is 2. The molecule has 5 nitrogen and oxygen atoms in total. The Labute approximate surface area is 110 Å². The van der Waals surface area contributed by atoms with Gasteiger partial charge in [-0.2, -0.15) is 12.6 Å². The Morgan fingerprint density at radius 2 is 2.28 bits per heavy atom. The molecule has 18 heavy (non-hydrogen) atoms. The van der Waals surface area contributed by atoms with Crippen LogP contribution in [-0.4, -0.2) is 30.8 Å². The molecule has 2 N–H and O–H groups in total. The van der Waals surface area contributed by atoms with Crippen molar-refractivity contribution in [3.63, 3.8) is 0 Å². The van der Waals surface area contributed by atoms with Crippen molar-refractivity contribution in [1.82, 2.24) is 0 Å². The number of methoxy groups -OCH3 is 1. The monoisotopic (exact) mass is 266 g/mol. The normalized spacial score (nSPS) is 19.1. The molecule has 0 aliphatic carbocycles. The van der Waals surface area contributed by atoms with Gasteiger partial charge < -0.3 is 15.4 Å². The molecule has 1 heterocycles. The Morgan fingerprint density at radius 1 is 1.56 bits per heavy atom. The number of anilines is 2. The molecule has 0 aromatic heterocycles. The minimum absolute atomic E-state index is 0.00122. The molecule has 1 amide bonds. The Kier molecular flexibility index (Phi) is 3.47. The number of hydrogen-bond acceptors (Lipinski definition) is 5. The standard InChI is InChI=1S/C12H14N2O3S/c1-17-12(16)8-3-2-4-9(11(8)13)14-6-7(18)5-10(14)15/h2-4,7,18H,5-6,13H2,1H3. The van der Waals surface area contributed by atoms with E-state index < -0.39 is 5.97 Å². The first-order valence-electron chi connectivity index (χ1n) is 5.50. The number of carbonyl (C=O) groups is 2. The molecule has 1 aromatic carbocycles. The van der Waals surface area contributed by atoms with Gasteiger partial charge in [-0.25, -0.2) is 4.79 Å². The van der Waals surface area contributed by atoms with E-state index in [0.717, 1.165) is 0 Å². The SMILES string of the molecule is COC(=O)c1cccc(N2CC(S)CC2=O)c1N. The maximum Gasteiger partial charge on any atom is 0.340 e. The fraction of sp³-hybridized carbons (Fsp3) is 0.333. The van der Waals surface area contributed by atoms with E-state index in [1.165, 1.54) is 7.11 Å². The lowest BCUT2D eigenvalue weighted by atomic mass is 10.1. The highest BCUT2D eigenvalue weighted by Crippen LogP contribution is 2.31. The molecular formula is C12H14N2O3S. The fourth-order valence-electron chi connectivity index (χ4n) is 2.00. The van der Waals surface area contributed by atoms with Crippen LogP contribution in [0, 0.1) is 0 Å². The number of esters is 1. The molecule has 96 valence electrons. The lowest BCUT2D eigenvalue weighted by molar-refractivity contribution is -0.117. The van der Waals surface area contributed by atoms with Gasteiger partial charge in [0, 0.05) is 18.2 Å². The number of hydrogen-bond donors (Lipinski definition) is 2. The molecule has 6 heteroatoms. The van der Waals surface area contributed by atoms with Gasteiger partial charge in [-0.1, -0.05) is 6.07 Å². The van der Waals surface area contributed by atoms with Crippen LogP contribution in [0.1, 0.15) is 16.8 Å². The lowest BCUT2D eigenvalue weighted by Crippen LogP contribution is -2.26. The van der Waals surface area contributed by atoms with E-state index in [2.05, 4.69) is 17.4 Å². The quantitative estimate of drug-likeness (QED) is 0.477. The Balaban J connectivity index is 2.40. The highest BCUT2D eigenvalue weighted by atomic mass is 32.1. The number of thiol groups is 1. The fourth-order valence-corrected chi connectivity index (χ4v) is 2.32. The Hall–Kier alpha value is -1.69. The van der Waals surface area contributed by atoms with Crippen molar-refractivity contribution in [3.05, 3.63) is 23.8 Å². The van der Waals surface area contributed by atoms with Crippen LogP contribution >= 0.6 is 12.6 Å². The van der Waals surface area contributed by atoms with E-state index >= 15 is 0 Å². The highest BCUT2D eigenvalue weighted by molar-refractivity contribution is 7.81. The number of benzene rings is 1.